The summed E-state index contributed by atoms with van der Waals surface area (Å²) in [6, 6.07) is 15.8. The SMILES string of the molecule is Cc1cc(Oc2ccccc2N=O)n(-c2ccccc2Cl)n1. The molecule has 3 aromatic rings. The van der Waals surface area contributed by atoms with Crippen LogP contribution in [-0.4, -0.2) is 9.78 Å². The lowest BCUT2D eigenvalue weighted by atomic mass is 10.3. The Balaban J connectivity index is 2.06. The number of halogens is 1. The van der Waals surface area contributed by atoms with E-state index < -0.39 is 0 Å². The summed E-state index contributed by atoms with van der Waals surface area (Å²) in [6.07, 6.45) is 0. The van der Waals surface area contributed by atoms with Crippen molar-refractivity contribution in [3.8, 4) is 17.3 Å². The molecule has 0 saturated heterocycles. The van der Waals surface area contributed by atoms with E-state index in [1.807, 2.05) is 25.1 Å². The number of ether oxygens (including phenoxy) is 1. The molecule has 110 valence electrons. The van der Waals surface area contributed by atoms with Gasteiger partial charge in [0.05, 0.1) is 16.4 Å². The maximum Gasteiger partial charge on any atom is 0.222 e. The van der Waals surface area contributed by atoms with E-state index in [1.54, 1.807) is 41.1 Å². The highest BCUT2D eigenvalue weighted by atomic mass is 35.5. The van der Waals surface area contributed by atoms with Gasteiger partial charge in [-0.05, 0) is 36.4 Å². The zero-order valence-corrected chi connectivity index (χ0v) is 12.5. The van der Waals surface area contributed by atoms with E-state index in [2.05, 4.69) is 10.3 Å². The minimum absolute atomic E-state index is 0.229. The summed E-state index contributed by atoms with van der Waals surface area (Å²) in [5.74, 6) is 0.826. The van der Waals surface area contributed by atoms with Crippen molar-refractivity contribution >= 4 is 17.3 Å². The average molecular weight is 314 g/mol. The van der Waals surface area contributed by atoms with E-state index in [0.29, 0.717) is 22.3 Å². The number of aromatic nitrogens is 2. The van der Waals surface area contributed by atoms with Crippen LogP contribution in [0.25, 0.3) is 5.69 Å². The average Bonchev–Trinajstić information content (AvgIpc) is 2.89. The molecular formula is C16H12ClN3O2. The molecule has 1 heterocycles. The Morgan fingerprint density at radius 3 is 2.64 bits per heavy atom. The summed E-state index contributed by atoms with van der Waals surface area (Å²) in [5, 5.41) is 7.91. The van der Waals surface area contributed by atoms with Crippen molar-refractivity contribution in [3.63, 3.8) is 0 Å². The third-order valence-electron chi connectivity index (χ3n) is 3.06. The van der Waals surface area contributed by atoms with E-state index in [1.165, 1.54) is 0 Å². The molecule has 0 unspecified atom stereocenters. The van der Waals surface area contributed by atoms with Crippen LogP contribution in [0, 0.1) is 11.8 Å². The molecule has 0 aliphatic carbocycles. The second-order valence-corrected chi connectivity index (χ2v) is 5.06. The zero-order valence-electron chi connectivity index (χ0n) is 11.7. The number of nitrogens with zero attached hydrogens (tertiary/aromatic N) is 3. The van der Waals surface area contributed by atoms with E-state index in [-0.39, 0.29) is 5.69 Å². The van der Waals surface area contributed by atoms with Crippen molar-refractivity contribution in [3.05, 3.63) is 70.2 Å². The van der Waals surface area contributed by atoms with Crippen LogP contribution in [-0.2, 0) is 0 Å². The highest BCUT2D eigenvalue weighted by Crippen LogP contribution is 2.33. The Bertz CT molecular complexity index is 830. The fourth-order valence-corrected chi connectivity index (χ4v) is 2.29. The number of benzene rings is 2. The highest BCUT2D eigenvalue weighted by Gasteiger charge is 2.14. The Morgan fingerprint density at radius 2 is 1.86 bits per heavy atom. The second kappa shape index (κ2) is 5.99. The minimum atomic E-state index is 0.229. The first kappa shape index (κ1) is 14.3. The predicted octanol–water partition coefficient (Wildman–Crippen LogP) is 5.02. The first-order valence-corrected chi connectivity index (χ1v) is 6.98. The van der Waals surface area contributed by atoms with Crippen molar-refractivity contribution in [2.24, 2.45) is 5.18 Å². The molecular weight excluding hydrogens is 302 g/mol. The molecule has 0 spiro atoms. The zero-order chi connectivity index (χ0) is 15.5. The molecule has 0 fully saturated rings. The monoisotopic (exact) mass is 313 g/mol. The molecule has 0 atom stereocenters. The summed E-state index contributed by atoms with van der Waals surface area (Å²) >= 11 is 6.22. The third-order valence-corrected chi connectivity index (χ3v) is 3.38. The van der Waals surface area contributed by atoms with Crippen LogP contribution in [0.2, 0.25) is 5.02 Å². The molecule has 22 heavy (non-hydrogen) atoms. The lowest BCUT2D eigenvalue weighted by Crippen LogP contribution is -2.00. The molecule has 5 nitrogen and oxygen atoms in total. The summed E-state index contributed by atoms with van der Waals surface area (Å²) in [4.78, 5) is 10.9. The van der Waals surface area contributed by atoms with Crippen LogP contribution in [0.15, 0.2) is 59.8 Å². The van der Waals surface area contributed by atoms with Crippen molar-refractivity contribution in [2.75, 3.05) is 0 Å². The smallest absolute Gasteiger partial charge is 0.222 e. The van der Waals surface area contributed by atoms with Gasteiger partial charge in [-0.2, -0.15) is 9.78 Å². The van der Waals surface area contributed by atoms with Crippen molar-refractivity contribution in [1.82, 2.24) is 9.78 Å². The summed E-state index contributed by atoms with van der Waals surface area (Å²) < 4.78 is 7.41. The van der Waals surface area contributed by atoms with E-state index in [4.69, 9.17) is 16.3 Å². The standard InChI is InChI=1S/C16H12ClN3O2/c1-11-10-16(22-15-9-5-3-7-13(15)19-21)20(18-11)14-8-4-2-6-12(14)17/h2-10H,1H3. The van der Waals surface area contributed by atoms with Crippen molar-refractivity contribution < 1.29 is 4.74 Å². The van der Waals surface area contributed by atoms with Gasteiger partial charge in [0.15, 0.2) is 11.4 Å². The Kier molecular flexibility index (Phi) is 3.89. The number of hydrogen-bond acceptors (Lipinski definition) is 4. The molecule has 0 N–H and O–H groups in total. The number of para-hydroxylation sites is 2. The first-order chi connectivity index (χ1) is 10.7. The molecule has 1 aromatic heterocycles. The molecule has 0 aliphatic heterocycles. The van der Waals surface area contributed by atoms with Gasteiger partial charge in [-0.3, -0.25) is 0 Å². The largest absolute Gasteiger partial charge is 0.436 e. The van der Waals surface area contributed by atoms with Crippen LogP contribution in [0.4, 0.5) is 5.69 Å². The number of rotatable bonds is 4. The number of nitroso groups, excluding NO2 is 1. The lowest BCUT2D eigenvalue weighted by Gasteiger charge is -2.10. The highest BCUT2D eigenvalue weighted by molar-refractivity contribution is 6.32. The molecule has 0 radical (unpaired) electrons. The van der Waals surface area contributed by atoms with Crippen molar-refractivity contribution in [2.45, 2.75) is 6.92 Å². The maximum atomic E-state index is 10.9. The van der Waals surface area contributed by atoms with Crippen LogP contribution in [0.1, 0.15) is 5.69 Å². The summed E-state index contributed by atoms with van der Waals surface area (Å²) in [6.45, 7) is 1.85. The normalized spacial score (nSPS) is 10.5. The van der Waals surface area contributed by atoms with E-state index in [9.17, 15) is 4.91 Å². The van der Waals surface area contributed by atoms with Gasteiger partial charge in [0.2, 0.25) is 5.88 Å². The topological polar surface area (TPSA) is 56.5 Å². The van der Waals surface area contributed by atoms with Gasteiger partial charge in [0.1, 0.15) is 0 Å². The van der Waals surface area contributed by atoms with Crippen LogP contribution in [0.5, 0.6) is 11.6 Å². The lowest BCUT2D eigenvalue weighted by molar-refractivity contribution is 0.445. The van der Waals surface area contributed by atoms with Crippen molar-refractivity contribution in [1.29, 1.82) is 0 Å². The quantitative estimate of drug-likeness (QED) is 0.635. The summed E-state index contributed by atoms with van der Waals surface area (Å²) in [7, 11) is 0. The second-order valence-electron chi connectivity index (χ2n) is 4.65. The first-order valence-electron chi connectivity index (χ1n) is 6.61. The van der Waals surface area contributed by atoms with Gasteiger partial charge in [-0.1, -0.05) is 35.9 Å². The molecule has 0 saturated carbocycles. The maximum absolute atomic E-state index is 10.9. The molecule has 0 amide bonds. The van der Waals surface area contributed by atoms with E-state index in [0.717, 1.165) is 5.69 Å². The molecule has 2 aromatic carbocycles. The molecule has 0 bridgehead atoms. The van der Waals surface area contributed by atoms with Gasteiger partial charge in [-0.15, -0.1) is 4.91 Å². The fourth-order valence-electron chi connectivity index (χ4n) is 2.08. The van der Waals surface area contributed by atoms with Gasteiger partial charge < -0.3 is 4.74 Å². The summed E-state index contributed by atoms with van der Waals surface area (Å²) in [5.41, 5.74) is 1.70. The number of aryl methyl sites for hydroxylation is 1. The minimum Gasteiger partial charge on any atom is -0.436 e. The van der Waals surface area contributed by atoms with Gasteiger partial charge >= 0.3 is 0 Å². The van der Waals surface area contributed by atoms with E-state index >= 15 is 0 Å². The van der Waals surface area contributed by atoms with Gasteiger partial charge in [0, 0.05) is 6.07 Å². The third kappa shape index (κ3) is 2.71. The number of hydrogen-bond donors (Lipinski definition) is 0. The fraction of sp³-hybridized carbons (Fsp3) is 0.0625. The van der Waals surface area contributed by atoms with Crippen LogP contribution >= 0.6 is 11.6 Å². The molecule has 0 aliphatic rings. The Hall–Kier alpha value is -2.66. The van der Waals surface area contributed by atoms with Crippen LogP contribution < -0.4 is 4.74 Å². The Labute approximate surface area is 132 Å². The Morgan fingerprint density at radius 1 is 1.14 bits per heavy atom. The predicted molar refractivity (Wildman–Crippen MR) is 85.3 cm³/mol. The molecule has 3 rings (SSSR count). The van der Waals surface area contributed by atoms with Gasteiger partial charge in [-0.25, -0.2) is 0 Å². The molecule has 6 heteroatoms. The van der Waals surface area contributed by atoms with Gasteiger partial charge in [0.25, 0.3) is 0 Å². The van der Waals surface area contributed by atoms with Crippen LogP contribution in [0.3, 0.4) is 0 Å².